The average Bonchev–Trinajstić information content (AvgIpc) is 2.82. The summed E-state index contributed by atoms with van der Waals surface area (Å²) in [6.07, 6.45) is 0.318. The zero-order valence-corrected chi connectivity index (χ0v) is 18.2. The van der Waals surface area contributed by atoms with Crippen molar-refractivity contribution in [2.24, 2.45) is 0 Å². The van der Waals surface area contributed by atoms with Crippen molar-refractivity contribution in [3.63, 3.8) is 0 Å². The Morgan fingerprint density at radius 1 is 0.969 bits per heavy atom. The largest absolute Gasteiger partial charge is 0.490 e. The Labute approximate surface area is 188 Å². The number of carboxylic acid groups (broad SMARTS) is 1. The number of carbonyl (C=O) groups is 1. The molecule has 0 heterocycles. The predicted molar refractivity (Wildman–Crippen MR) is 124 cm³/mol. The number of carboxylic acids is 1. The quantitative estimate of drug-likeness (QED) is 0.374. The maximum absolute atomic E-state index is 11.5. The predicted octanol–water partition coefficient (Wildman–Crippen LogP) is 3.94. The van der Waals surface area contributed by atoms with E-state index in [2.05, 4.69) is 17.4 Å². The Morgan fingerprint density at radius 2 is 1.69 bits per heavy atom. The van der Waals surface area contributed by atoms with E-state index in [-0.39, 0.29) is 12.2 Å². The van der Waals surface area contributed by atoms with Crippen LogP contribution in [-0.2, 0) is 11.2 Å². The van der Waals surface area contributed by atoms with Crippen molar-refractivity contribution < 1.29 is 24.5 Å². The van der Waals surface area contributed by atoms with Crippen LogP contribution in [-0.4, -0.2) is 49.6 Å². The summed E-state index contributed by atoms with van der Waals surface area (Å²) in [6.45, 7) is 1.93. The topological polar surface area (TPSA) is 88.0 Å². The van der Waals surface area contributed by atoms with E-state index in [0.29, 0.717) is 18.9 Å². The van der Waals surface area contributed by atoms with Crippen LogP contribution < -0.4 is 10.1 Å². The number of ether oxygens (including phenoxy) is 2. The lowest BCUT2D eigenvalue weighted by Gasteiger charge is -2.13. The summed E-state index contributed by atoms with van der Waals surface area (Å²) in [5.74, 6) is -0.693. The van der Waals surface area contributed by atoms with Crippen molar-refractivity contribution in [3.8, 4) is 16.9 Å². The lowest BCUT2D eigenvalue weighted by molar-refractivity contribution is 0.0689. The zero-order chi connectivity index (χ0) is 22.8. The molecule has 0 aliphatic carbocycles. The molecule has 0 unspecified atom stereocenters. The van der Waals surface area contributed by atoms with Crippen LogP contribution in [0, 0.1) is 0 Å². The van der Waals surface area contributed by atoms with Gasteiger partial charge in [-0.15, -0.1) is 0 Å². The third-order valence-electron chi connectivity index (χ3n) is 5.16. The van der Waals surface area contributed by atoms with Crippen molar-refractivity contribution in [1.29, 1.82) is 0 Å². The van der Waals surface area contributed by atoms with Gasteiger partial charge in [0.1, 0.15) is 17.9 Å². The van der Waals surface area contributed by atoms with Crippen LogP contribution in [0.15, 0.2) is 72.8 Å². The Hall–Kier alpha value is -3.19. The summed E-state index contributed by atoms with van der Waals surface area (Å²) in [5.41, 5.74) is 4.08. The van der Waals surface area contributed by atoms with E-state index in [4.69, 9.17) is 9.47 Å². The highest BCUT2D eigenvalue weighted by Gasteiger charge is 2.13. The second-order valence-corrected chi connectivity index (χ2v) is 7.43. The van der Waals surface area contributed by atoms with Crippen molar-refractivity contribution >= 4 is 5.97 Å². The minimum Gasteiger partial charge on any atom is -0.490 e. The van der Waals surface area contributed by atoms with Crippen molar-refractivity contribution in [1.82, 2.24) is 5.32 Å². The summed E-state index contributed by atoms with van der Waals surface area (Å²) < 4.78 is 10.6. The molecule has 0 radical (unpaired) electrons. The monoisotopic (exact) mass is 435 g/mol. The van der Waals surface area contributed by atoms with Gasteiger partial charge in [-0.1, -0.05) is 60.7 Å². The molecule has 0 aliphatic heterocycles. The lowest BCUT2D eigenvalue weighted by atomic mass is 10.0. The van der Waals surface area contributed by atoms with Gasteiger partial charge in [0.05, 0.1) is 12.7 Å². The van der Waals surface area contributed by atoms with Crippen molar-refractivity contribution in [3.05, 3.63) is 89.5 Å². The molecular weight excluding hydrogens is 406 g/mol. The van der Waals surface area contributed by atoms with Crippen LogP contribution in [0.25, 0.3) is 11.1 Å². The van der Waals surface area contributed by atoms with Crippen LogP contribution in [0.1, 0.15) is 27.6 Å². The van der Waals surface area contributed by atoms with Gasteiger partial charge in [0.2, 0.25) is 0 Å². The molecule has 0 bridgehead atoms. The van der Waals surface area contributed by atoms with Gasteiger partial charge in [-0.25, -0.2) is 4.79 Å². The van der Waals surface area contributed by atoms with E-state index in [1.165, 1.54) is 5.56 Å². The van der Waals surface area contributed by atoms with Gasteiger partial charge in [-0.2, -0.15) is 0 Å². The SMILES string of the molecule is COCCOc1cc(-c2ccc(CCNC[C@H](O)c3ccccc3)cc2)ccc1C(=O)O. The molecule has 0 saturated heterocycles. The van der Waals surface area contributed by atoms with E-state index in [1.807, 2.05) is 42.5 Å². The molecule has 3 N–H and O–H groups in total. The van der Waals surface area contributed by atoms with E-state index in [1.54, 1.807) is 25.3 Å². The fourth-order valence-electron chi connectivity index (χ4n) is 3.36. The van der Waals surface area contributed by atoms with Gasteiger partial charge in [0.25, 0.3) is 0 Å². The van der Waals surface area contributed by atoms with E-state index >= 15 is 0 Å². The molecule has 6 heteroatoms. The molecule has 168 valence electrons. The number of rotatable bonds is 12. The van der Waals surface area contributed by atoms with Gasteiger partial charge < -0.3 is 25.0 Å². The van der Waals surface area contributed by atoms with Crippen LogP contribution in [0.5, 0.6) is 5.75 Å². The number of aromatic carboxylic acids is 1. The second kappa shape index (κ2) is 12.0. The number of hydrogen-bond donors (Lipinski definition) is 3. The minimum atomic E-state index is -1.02. The molecule has 0 aliphatic rings. The number of hydrogen-bond acceptors (Lipinski definition) is 5. The molecule has 32 heavy (non-hydrogen) atoms. The fraction of sp³-hybridized carbons (Fsp3) is 0.269. The van der Waals surface area contributed by atoms with Gasteiger partial charge >= 0.3 is 5.97 Å². The Bertz CT molecular complexity index is 989. The first-order chi connectivity index (χ1) is 15.6. The minimum absolute atomic E-state index is 0.130. The fourth-order valence-corrected chi connectivity index (χ4v) is 3.36. The molecule has 3 aromatic rings. The smallest absolute Gasteiger partial charge is 0.339 e. The zero-order valence-electron chi connectivity index (χ0n) is 18.2. The first kappa shape index (κ1) is 23.5. The first-order valence-corrected chi connectivity index (χ1v) is 10.6. The normalized spacial score (nSPS) is 11.8. The van der Waals surface area contributed by atoms with Crippen LogP contribution >= 0.6 is 0 Å². The van der Waals surface area contributed by atoms with Gasteiger partial charge in [-0.05, 0) is 47.4 Å². The highest BCUT2D eigenvalue weighted by atomic mass is 16.5. The number of methoxy groups -OCH3 is 1. The molecule has 0 fully saturated rings. The van der Waals surface area contributed by atoms with E-state index < -0.39 is 12.1 Å². The summed E-state index contributed by atoms with van der Waals surface area (Å²) >= 11 is 0. The molecule has 3 aromatic carbocycles. The maximum Gasteiger partial charge on any atom is 0.339 e. The third-order valence-corrected chi connectivity index (χ3v) is 5.16. The first-order valence-electron chi connectivity index (χ1n) is 10.6. The maximum atomic E-state index is 11.5. The summed E-state index contributed by atoms with van der Waals surface area (Å²) in [7, 11) is 1.57. The molecule has 0 aromatic heterocycles. The number of nitrogens with one attached hydrogen (secondary N) is 1. The molecular formula is C26H29NO5. The number of benzene rings is 3. The molecule has 0 amide bonds. The third kappa shape index (κ3) is 6.65. The Kier molecular flexibility index (Phi) is 8.80. The van der Waals surface area contributed by atoms with Crippen LogP contribution in [0.2, 0.25) is 0 Å². The van der Waals surface area contributed by atoms with Gasteiger partial charge in [0, 0.05) is 13.7 Å². The molecule has 0 spiro atoms. The highest BCUT2D eigenvalue weighted by Crippen LogP contribution is 2.28. The van der Waals surface area contributed by atoms with Gasteiger partial charge in [-0.3, -0.25) is 0 Å². The van der Waals surface area contributed by atoms with E-state index in [0.717, 1.165) is 29.7 Å². The van der Waals surface area contributed by atoms with Crippen molar-refractivity contribution in [2.75, 3.05) is 33.4 Å². The second-order valence-electron chi connectivity index (χ2n) is 7.43. The average molecular weight is 436 g/mol. The standard InChI is InChI=1S/C26H29NO5/c1-31-15-16-32-25-17-22(11-12-23(25)26(29)30)20-9-7-19(8-10-20)13-14-27-18-24(28)21-5-3-2-4-6-21/h2-12,17,24,27-28H,13-16,18H2,1H3,(H,29,30)/t24-/m0/s1. The molecule has 1 atom stereocenters. The van der Waals surface area contributed by atoms with Gasteiger partial charge in [0.15, 0.2) is 0 Å². The highest BCUT2D eigenvalue weighted by molar-refractivity contribution is 5.92. The molecule has 3 rings (SSSR count). The summed E-state index contributed by atoms with van der Waals surface area (Å²) in [5, 5.41) is 22.9. The number of aliphatic hydroxyl groups is 1. The Balaban J connectivity index is 1.56. The Morgan fingerprint density at radius 3 is 2.38 bits per heavy atom. The van der Waals surface area contributed by atoms with Crippen LogP contribution in [0.3, 0.4) is 0 Å². The summed E-state index contributed by atoms with van der Waals surface area (Å²) in [6, 6.07) is 22.9. The van der Waals surface area contributed by atoms with E-state index in [9.17, 15) is 15.0 Å². The number of aliphatic hydroxyl groups excluding tert-OH is 1. The lowest BCUT2D eigenvalue weighted by Crippen LogP contribution is -2.23. The van der Waals surface area contributed by atoms with Crippen LogP contribution in [0.4, 0.5) is 0 Å². The molecule has 0 saturated carbocycles. The van der Waals surface area contributed by atoms with Crippen molar-refractivity contribution in [2.45, 2.75) is 12.5 Å². The molecule has 6 nitrogen and oxygen atoms in total. The summed E-state index contributed by atoms with van der Waals surface area (Å²) in [4.78, 5) is 11.5.